The Morgan fingerprint density at radius 3 is 2.12 bits per heavy atom. The van der Waals surface area contributed by atoms with Crippen LogP contribution >= 0.6 is 0 Å². The lowest BCUT2D eigenvalue weighted by molar-refractivity contribution is 0.0627. The maximum atomic E-state index is 12.0. The Labute approximate surface area is 157 Å². The van der Waals surface area contributed by atoms with E-state index in [1.54, 1.807) is 0 Å². The number of ether oxygens (including phenoxy) is 2. The predicted molar refractivity (Wildman–Crippen MR) is 101 cm³/mol. The number of rotatable bonds is 9. The number of carbonyl (C=O) groups is 2. The smallest absolute Gasteiger partial charge is 0.407 e. The van der Waals surface area contributed by atoms with Crippen LogP contribution in [0.4, 0.5) is 9.59 Å². The molecule has 0 saturated heterocycles. The van der Waals surface area contributed by atoms with Crippen molar-refractivity contribution >= 4 is 12.2 Å². The van der Waals surface area contributed by atoms with Crippen molar-refractivity contribution in [3.8, 4) is 0 Å². The van der Waals surface area contributed by atoms with Crippen molar-refractivity contribution in [2.45, 2.75) is 46.1 Å². The minimum atomic E-state index is -0.402. The molecule has 2 unspecified atom stereocenters. The SMILES string of the molecule is CNCCOC(=O)NCC1(C)CC(NC(=O)OCCNC)CC(C)(C)C1. The van der Waals surface area contributed by atoms with Crippen LogP contribution in [-0.2, 0) is 9.47 Å². The zero-order chi connectivity index (χ0) is 19.6. The van der Waals surface area contributed by atoms with Gasteiger partial charge < -0.3 is 30.7 Å². The Morgan fingerprint density at radius 1 is 0.962 bits per heavy atom. The molecular weight excluding hydrogens is 336 g/mol. The van der Waals surface area contributed by atoms with E-state index in [0.29, 0.717) is 32.8 Å². The fraction of sp³-hybridized carbons (Fsp3) is 0.889. The van der Waals surface area contributed by atoms with Gasteiger partial charge in [0.25, 0.3) is 0 Å². The largest absolute Gasteiger partial charge is 0.448 e. The van der Waals surface area contributed by atoms with E-state index in [2.05, 4.69) is 42.0 Å². The number of hydrogen-bond acceptors (Lipinski definition) is 6. The van der Waals surface area contributed by atoms with E-state index >= 15 is 0 Å². The van der Waals surface area contributed by atoms with Crippen LogP contribution in [0.5, 0.6) is 0 Å². The van der Waals surface area contributed by atoms with E-state index in [9.17, 15) is 9.59 Å². The van der Waals surface area contributed by atoms with Crippen molar-refractivity contribution in [1.82, 2.24) is 21.3 Å². The summed E-state index contributed by atoms with van der Waals surface area (Å²) >= 11 is 0. The summed E-state index contributed by atoms with van der Waals surface area (Å²) in [6.45, 7) is 8.97. The molecule has 2 amide bonds. The molecule has 1 aliphatic carbocycles. The van der Waals surface area contributed by atoms with Crippen molar-refractivity contribution in [3.05, 3.63) is 0 Å². The maximum absolute atomic E-state index is 12.0. The number of likely N-dealkylation sites (N-methyl/N-ethyl adjacent to an activating group) is 2. The van der Waals surface area contributed by atoms with Crippen LogP contribution in [0.2, 0.25) is 0 Å². The third kappa shape index (κ3) is 8.71. The lowest BCUT2D eigenvalue weighted by Crippen LogP contribution is -2.50. The summed E-state index contributed by atoms with van der Waals surface area (Å²) in [5.74, 6) is 0. The molecule has 4 N–H and O–H groups in total. The van der Waals surface area contributed by atoms with Gasteiger partial charge in [-0.2, -0.15) is 0 Å². The fourth-order valence-electron chi connectivity index (χ4n) is 3.91. The van der Waals surface area contributed by atoms with Crippen LogP contribution in [0.1, 0.15) is 40.0 Å². The molecule has 0 spiro atoms. The van der Waals surface area contributed by atoms with Gasteiger partial charge in [-0.15, -0.1) is 0 Å². The Bertz CT molecular complexity index is 458. The predicted octanol–water partition coefficient (Wildman–Crippen LogP) is 1.46. The van der Waals surface area contributed by atoms with Crippen molar-refractivity contribution in [2.24, 2.45) is 10.8 Å². The van der Waals surface area contributed by atoms with Crippen LogP contribution in [0.15, 0.2) is 0 Å². The van der Waals surface area contributed by atoms with Crippen molar-refractivity contribution in [2.75, 3.05) is 46.9 Å². The van der Waals surface area contributed by atoms with Gasteiger partial charge in [0.15, 0.2) is 0 Å². The van der Waals surface area contributed by atoms with Gasteiger partial charge in [0.1, 0.15) is 13.2 Å². The van der Waals surface area contributed by atoms with Gasteiger partial charge in [-0.25, -0.2) is 9.59 Å². The lowest BCUT2D eigenvalue weighted by atomic mass is 9.62. The number of alkyl carbamates (subject to hydrolysis) is 2. The summed E-state index contributed by atoms with van der Waals surface area (Å²) in [5.41, 5.74) is -0.0552. The highest BCUT2D eigenvalue weighted by Crippen LogP contribution is 2.45. The zero-order valence-electron chi connectivity index (χ0n) is 16.9. The number of nitrogens with one attached hydrogen (secondary N) is 4. The Hall–Kier alpha value is -1.54. The first-order valence-corrected chi connectivity index (χ1v) is 9.33. The number of hydrogen-bond donors (Lipinski definition) is 4. The van der Waals surface area contributed by atoms with Gasteiger partial charge in [0.05, 0.1) is 0 Å². The number of amides is 2. The topological polar surface area (TPSA) is 101 Å². The van der Waals surface area contributed by atoms with Crippen molar-refractivity contribution in [3.63, 3.8) is 0 Å². The molecule has 1 saturated carbocycles. The van der Waals surface area contributed by atoms with Crippen LogP contribution in [0.3, 0.4) is 0 Å². The summed E-state index contributed by atoms with van der Waals surface area (Å²) < 4.78 is 10.3. The molecule has 152 valence electrons. The molecule has 1 rings (SSSR count). The van der Waals surface area contributed by atoms with Crippen molar-refractivity contribution in [1.29, 1.82) is 0 Å². The molecule has 0 aromatic heterocycles. The highest BCUT2D eigenvalue weighted by molar-refractivity contribution is 5.68. The summed E-state index contributed by atoms with van der Waals surface area (Å²) in [6, 6.07) is 0.0212. The minimum Gasteiger partial charge on any atom is -0.448 e. The highest BCUT2D eigenvalue weighted by Gasteiger charge is 2.42. The third-order valence-electron chi connectivity index (χ3n) is 4.60. The normalized spacial score (nSPS) is 24.6. The minimum absolute atomic E-state index is 0.0212. The van der Waals surface area contributed by atoms with Gasteiger partial charge >= 0.3 is 12.2 Å². The van der Waals surface area contributed by atoms with Gasteiger partial charge in [-0.05, 0) is 44.2 Å². The molecule has 0 radical (unpaired) electrons. The summed E-state index contributed by atoms with van der Waals surface area (Å²) in [4.78, 5) is 23.8. The number of carbonyl (C=O) groups excluding carboxylic acids is 2. The Balaban J connectivity index is 2.53. The first-order chi connectivity index (χ1) is 12.2. The summed E-state index contributed by atoms with van der Waals surface area (Å²) in [6.07, 6.45) is 1.85. The standard InChI is InChI=1S/C18H36N4O4/c1-17(2)10-14(22-16(24)26-9-7-20-5)11-18(3,12-17)13-21-15(23)25-8-6-19-4/h14,19-20H,6-13H2,1-5H3,(H,21,23)(H,22,24). The molecule has 0 aromatic carbocycles. The van der Waals surface area contributed by atoms with E-state index in [0.717, 1.165) is 19.3 Å². The van der Waals surface area contributed by atoms with E-state index in [1.165, 1.54) is 0 Å². The van der Waals surface area contributed by atoms with Gasteiger partial charge in [0, 0.05) is 25.7 Å². The van der Waals surface area contributed by atoms with Gasteiger partial charge in [-0.3, -0.25) is 0 Å². The second kappa shape index (κ2) is 10.6. The fourth-order valence-corrected chi connectivity index (χ4v) is 3.91. The van der Waals surface area contributed by atoms with E-state index < -0.39 is 6.09 Å². The van der Waals surface area contributed by atoms with Crippen LogP contribution in [-0.4, -0.2) is 65.2 Å². The second-order valence-corrected chi connectivity index (χ2v) is 8.23. The van der Waals surface area contributed by atoms with E-state index in [-0.39, 0.29) is 23.0 Å². The zero-order valence-corrected chi connectivity index (χ0v) is 16.9. The molecule has 8 nitrogen and oxygen atoms in total. The molecule has 1 fully saturated rings. The van der Waals surface area contributed by atoms with Crippen LogP contribution in [0.25, 0.3) is 0 Å². The van der Waals surface area contributed by atoms with Crippen LogP contribution < -0.4 is 21.3 Å². The Morgan fingerprint density at radius 2 is 1.54 bits per heavy atom. The lowest BCUT2D eigenvalue weighted by Gasteiger charge is -2.46. The molecule has 2 atom stereocenters. The molecule has 0 aromatic rings. The molecular formula is C18H36N4O4. The maximum Gasteiger partial charge on any atom is 0.407 e. The molecule has 0 bridgehead atoms. The average molecular weight is 373 g/mol. The summed E-state index contributed by atoms with van der Waals surface area (Å²) in [7, 11) is 3.62. The molecule has 0 aliphatic heterocycles. The van der Waals surface area contributed by atoms with Crippen molar-refractivity contribution < 1.29 is 19.1 Å². The first-order valence-electron chi connectivity index (χ1n) is 9.33. The monoisotopic (exact) mass is 372 g/mol. The third-order valence-corrected chi connectivity index (χ3v) is 4.60. The highest BCUT2D eigenvalue weighted by atomic mass is 16.6. The molecule has 0 heterocycles. The molecule has 26 heavy (non-hydrogen) atoms. The molecule has 1 aliphatic rings. The van der Waals surface area contributed by atoms with E-state index in [1.807, 2.05) is 14.1 Å². The average Bonchev–Trinajstić information content (AvgIpc) is 2.51. The summed E-state index contributed by atoms with van der Waals surface area (Å²) in [5, 5.41) is 11.7. The quantitative estimate of drug-likeness (QED) is 0.457. The van der Waals surface area contributed by atoms with Gasteiger partial charge in [-0.1, -0.05) is 20.8 Å². The molecule has 8 heteroatoms. The van der Waals surface area contributed by atoms with Gasteiger partial charge in [0.2, 0.25) is 0 Å². The Kier molecular flexibility index (Phi) is 9.15. The second-order valence-electron chi connectivity index (χ2n) is 8.23. The van der Waals surface area contributed by atoms with Crippen LogP contribution in [0, 0.1) is 10.8 Å². The van der Waals surface area contributed by atoms with E-state index in [4.69, 9.17) is 9.47 Å². The first kappa shape index (κ1) is 22.5.